The molecule has 0 aliphatic carbocycles. The van der Waals surface area contributed by atoms with Crippen molar-refractivity contribution in [2.75, 3.05) is 0 Å². The predicted octanol–water partition coefficient (Wildman–Crippen LogP) is 5.95. The first-order chi connectivity index (χ1) is 13.3. The van der Waals surface area contributed by atoms with Crippen LogP contribution in [0.25, 0.3) is 22.7 Å². The van der Waals surface area contributed by atoms with Crippen LogP contribution < -0.4 is 0 Å². The molecule has 0 aliphatic rings. The van der Waals surface area contributed by atoms with Crippen molar-refractivity contribution >= 4 is 40.2 Å². The van der Waals surface area contributed by atoms with E-state index in [2.05, 4.69) is 58.3 Å². The third-order valence-electron chi connectivity index (χ3n) is 4.30. The number of aliphatic imine (C=N–C) groups is 1. The molecular formula is C24H18N2S. The van der Waals surface area contributed by atoms with E-state index in [0.717, 1.165) is 27.3 Å². The predicted molar refractivity (Wildman–Crippen MR) is 117 cm³/mol. The highest BCUT2D eigenvalue weighted by Crippen LogP contribution is 2.25. The Hall–Kier alpha value is -3.35. The van der Waals surface area contributed by atoms with E-state index in [4.69, 9.17) is 11.4 Å². The van der Waals surface area contributed by atoms with Gasteiger partial charge in [0.1, 0.15) is 0 Å². The molecule has 0 saturated carbocycles. The van der Waals surface area contributed by atoms with Crippen LogP contribution in [0.3, 0.4) is 0 Å². The highest BCUT2D eigenvalue weighted by atomic mass is 32.1. The lowest BCUT2D eigenvalue weighted by Gasteiger charge is -2.04. The van der Waals surface area contributed by atoms with Gasteiger partial charge in [-0.2, -0.15) is 0 Å². The molecule has 4 aromatic rings. The smallest absolute Gasteiger partial charge is 0.0841 e. The average molecular weight is 366 g/mol. The zero-order valence-electron chi connectivity index (χ0n) is 14.7. The summed E-state index contributed by atoms with van der Waals surface area (Å²) in [5.74, 6) is 2.75. The average Bonchev–Trinajstić information content (AvgIpc) is 3.35. The van der Waals surface area contributed by atoms with Crippen molar-refractivity contribution in [3.8, 4) is 12.3 Å². The van der Waals surface area contributed by atoms with Crippen LogP contribution >= 0.6 is 11.3 Å². The first-order valence-corrected chi connectivity index (χ1v) is 9.59. The van der Waals surface area contributed by atoms with Crippen LogP contribution in [0.5, 0.6) is 0 Å². The number of nitrogens with zero attached hydrogens (tertiary/aromatic N) is 2. The number of benzene rings is 2. The first-order valence-electron chi connectivity index (χ1n) is 8.71. The summed E-state index contributed by atoms with van der Waals surface area (Å²) in [5.41, 5.74) is 4.20. The lowest BCUT2D eigenvalue weighted by atomic mass is 10.2. The molecule has 2 heterocycles. The summed E-state index contributed by atoms with van der Waals surface area (Å²) in [6.07, 6.45) is 9.61. The number of hydrogen-bond acceptors (Lipinski definition) is 2. The Bertz CT molecular complexity index is 1140. The Labute approximate surface area is 163 Å². The van der Waals surface area contributed by atoms with Gasteiger partial charge in [0.2, 0.25) is 0 Å². The van der Waals surface area contributed by atoms with Gasteiger partial charge in [0.25, 0.3) is 0 Å². The number of terminal acetylenes is 1. The number of para-hydroxylation sites is 1. The molecule has 4 rings (SSSR count). The molecule has 0 unspecified atom stereocenters. The zero-order chi connectivity index (χ0) is 18.5. The van der Waals surface area contributed by atoms with E-state index in [9.17, 15) is 0 Å². The third-order valence-corrected chi connectivity index (χ3v) is 5.20. The summed E-state index contributed by atoms with van der Waals surface area (Å²) in [7, 11) is 0. The van der Waals surface area contributed by atoms with Gasteiger partial charge in [0.15, 0.2) is 0 Å². The fourth-order valence-electron chi connectivity index (χ4n) is 3.05. The summed E-state index contributed by atoms with van der Waals surface area (Å²) < 4.78 is 2.12. The Kier molecular flexibility index (Phi) is 5.00. The number of rotatable bonds is 5. The zero-order valence-corrected chi connectivity index (χ0v) is 15.6. The fraction of sp³-hybridized carbons (Fsp3) is 0.0417. The quantitative estimate of drug-likeness (QED) is 0.307. The van der Waals surface area contributed by atoms with Gasteiger partial charge < -0.3 is 4.57 Å². The van der Waals surface area contributed by atoms with Gasteiger partial charge in [-0.1, -0.05) is 60.5 Å². The molecule has 0 bridgehead atoms. The number of hydrogen-bond donors (Lipinski definition) is 0. The van der Waals surface area contributed by atoms with E-state index in [1.807, 2.05) is 42.6 Å². The second kappa shape index (κ2) is 7.90. The maximum absolute atomic E-state index is 5.59. The summed E-state index contributed by atoms with van der Waals surface area (Å²) in [4.78, 5) is 5.96. The standard InChI is InChI=1S/C24H18N2S/c1-2-14-26-21(17-20-11-6-7-12-23(20)26)18-25-22(24-13-8-15-27-24)16-19-9-4-3-5-10-19/h1,3-13,15-18H,14H2/b22-16-,25-18?. The van der Waals surface area contributed by atoms with Crippen LogP contribution in [0.1, 0.15) is 16.1 Å². The minimum Gasteiger partial charge on any atom is -0.328 e. The normalized spacial score (nSPS) is 11.9. The summed E-state index contributed by atoms with van der Waals surface area (Å²) in [6.45, 7) is 0.519. The largest absolute Gasteiger partial charge is 0.328 e. The number of aromatic nitrogens is 1. The topological polar surface area (TPSA) is 17.3 Å². The maximum Gasteiger partial charge on any atom is 0.0841 e. The minimum atomic E-state index is 0.519. The van der Waals surface area contributed by atoms with Gasteiger partial charge in [-0.05, 0) is 35.2 Å². The Morgan fingerprint density at radius 3 is 2.63 bits per heavy atom. The Balaban J connectivity index is 1.77. The van der Waals surface area contributed by atoms with Crippen molar-refractivity contribution in [2.45, 2.75) is 6.54 Å². The molecule has 0 fully saturated rings. The van der Waals surface area contributed by atoms with Crippen molar-refractivity contribution < 1.29 is 0 Å². The van der Waals surface area contributed by atoms with E-state index in [1.165, 1.54) is 5.39 Å². The minimum absolute atomic E-state index is 0.519. The van der Waals surface area contributed by atoms with Crippen molar-refractivity contribution in [1.29, 1.82) is 0 Å². The third kappa shape index (κ3) is 3.76. The van der Waals surface area contributed by atoms with Gasteiger partial charge in [0, 0.05) is 10.9 Å². The van der Waals surface area contributed by atoms with E-state index in [1.54, 1.807) is 11.3 Å². The second-order valence-corrected chi connectivity index (χ2v) is 7.04. The molecule has 2 nitrogen and oxygen atoms in total. The molecule has 27 heavy (non-hydrogen) atoms. The summed E-state index contributed by atoms with van der Waals surface area (Å²) in [6, 6.07) is 24.8. The summed E-state index contributed by atoms with van der Waals surface area (Å²) in [5, 5.41) is 3.23. The maximum atomic E-state index is 5.59. The van der Waals surface area contributed by atoms with Gasteiger partial charge in [0.05, 0.1) is 29.0 Å². The molecule has 0 amide bonds. The van der Waals surface area contributed by atoms with Gasteiger partial charge in [-0.15, -0.1) is 17.8 Å². The van der Waals surface area contributed by atoms with E-state index < -0.39 is 0 Å². The van der Waals surface area contributed by atoms with Gasteiger partial charge in [-0.25, -0.2) is 0 Å². The first kappa shape index (κ1) is 17.1. The SMILES string of the molecule is C#CCn1c(C=N/C(=C\c2ccccc2)c2cccs2)cc2ccccc21. The highest BCUT2D eigenvalue weighted by Gasteiger charge is 2.07. The Morgan fingerprint density at radius 2 is 1.85 bits per heavy atom. The fourth-order valence-corrected chi connectivity index (χ4v) is 3.74. The molecule has 0 spiro atoms. The molecule has 130 valence electrons. The van der Waals surface area contributed by atoms with Crippen LogP contribution in [0.2, 0.25) is 0 Å². The van der Waals surface area contributed by atoms with Gasteiger partial charge >= 0.3 is 0 Å². The van der Waals surface area contributed by atoms with E-state index in [-0.39, 0.29) is 0 Å². The lowest BCUT2D eigenvalue weighted by molar-refractivity contribution is 0.878. The Morgan fingerprint density at radius 1 is 1.04 bits per heavy atom. The van der Waals surface area contributed by atoms with Crippen LogP contribution in [0, 0.1) is 12.3 Å². The van der Waals surface area contributed by atoms with Crippen LogP contribution in [-0.2, 0) is 6.54 Å². The molecular weight excluding hydrogens is 348 g/mol. The van der Waals surface area contributed by atoms with Crippen molar-refractivity contribution in [3.05, 3.63) is 94.3 Å². The second-order valence-electron chi connectivity index (χ2n) is 6.09. The molecule has 2 aromatic carbocycles. The van der Waals surface area contributed by atoms with Crippen LogP contribution in [0.15, 0.2) is 83.2 Å². The van der Waals surface area contributed by atoms with Crippen LogP contribution in [0.4, 0.5) is 0 Å². The van der Waals surface area contributed by atoms with E-state index >= 15 is 0 Å². The van der Waals surface area contributed by atoms with Crippen molar-refractivity contribution in [2.24, 2.45) is 4.99 Å². The molecule has 3 heteroatoms. The number of fused-ring (bicyclic) bond motifs is 1. The molecule has 0 aliphatic heterocycles. The molecule has 0 atom stereocenters. The molecule has 0 radical (unpaired) electrons. The number of thiophene rings is 1. The van der Waals surface area contributed by atoms with Crippen LogP contribution in [-0.4, -0.2) is 10.8 Å². The van der Waals surface area contributed by atoms with Crippen molar-refractivity contribution in [3.63, 3.8) is 0 Å². The van der Waals surface area contributed by atoms with Gasteiger partial charge in [-0.3, -0.25) is 4.99 Å². The summed E-state index contributed by atoms with van der Waals surface area (Å²) >= 11 is 1.68. The molecule has 2 aromatic heterocycles. The molecule has 0 saturated heterocycles. The van der Waals surface area contributed by atoms with Crippen molar-refractivity contribution in [1.82, 2.24) is 4.57 Å². The lowest BCUT2D eigenvalue weighted by Crippen LogP contribution is -2.00. The van der Waals surface area contributed by atoms with E-state index in [0.29, 0.717) is 6.54 Å². The molecule has 0 N–H and O–H groups in total. The highest BCUT2D eigenvalue weighted by molar-refractivity contribution is 7.11. The monoisotopic (exact) mass is 366 g/mol.